The van der Waals surface area contributed by atoms with Crippen LogP contribution in [0.15, 0.2) is 48.5 Å². The third kappa shape index (κ3) is 3.85. The Bertz CT molecular complexity index is 590. The summed E-state index contributed by atoms with van der Waals surface area (Å²) in [5.41, 5.74) is 2.93. The first-order valence-corrected chi connectivity index (χ1v) is 6.69. The highest BCUT2D eigenvalue weighted by molar-refractivity contribution is 5.70. The van der Waals surface area contributed by atoms with Crippen LogP contribution in [0.4, 0.5) is 0 Å². The number of hydrogen-bond acceptors (Lipinski definition) is 2. The molecule has 0 aliphatic rings. The Morgan fingerprint density at radius 3 is 2.55 bits per heavy atom. The molecule has 0 spiro atoms. The van der Waals surface area contributed by atoms with Crippen LogP contribution in [0.2, 0.25) is 0 Å². The van der Waals surface area contributed by atoms with Crippen molar-refractivity contribution < 1.29 is 14.6 Å². The molecule has 0 saturated heterocycles. The number of aryl methyl sites for hydroxylation is 1. The van der Waals surface area contributed by atoms with Crippen molar-refractivity contribution in [3.05, 3.63) is 65.2 Å². The predicted octanol–water partition coefficient (Wildman–Crippen LogP) is 3.46. The van der Waals surface area contributed by atoms with Gasteiger partial charge in [-0.25, -0.2) is 0 Å². The average Bonchev–Trinajstić information content (AvgIpc) is 2.46. The monoisotopic (exact) mass is 270 g/mol. The first kappa shape index (κ1) is 14.1. The lowest BCUT2D eigenvalue weighted by Gasteiger charge is -2.10. The van der Waals surface area contributed by atoms with Crippen LogP contribution in [0.25, 0.3) is 0 Å². The Hall–Kier alpha value is -2.29. The predicted molar refractivity (Wildman–Crippen MR) is 77.9 cm³/mol. The van der Waals surface area contributed by atoms with Crippen LogP contribution in [0.5, 0.6) is 5.75 Å². The number of carboxylic acids is 1. The fraction of sp³-hybridized carbons (Fsp3) is 0.235. The van der Waals surface area contributed by atoms with Gasteiger partial charge in [0.25, 0.3) is 0 Å². The Morgan fingerprint density at radius 1 is 1.10 bits per heavy atom. The van der Waals surface area contributed by atoms with E-state index in [9.17, 15) is 4.79 Å². The van der Waals surface area contributed by atoms with Crippen LogP contribution < -0.4 is 4.74 Å². The summed E-state index contributed by atoms with van der Waals surface area (Å²) in [6, 6.07) is 15.4. The summed E-state index contributed by atoms with van der Waals surface area (Å²) in [4.78, 5) is 10.8. The fourth-order valence-corrected chi connectivity index (χ4v) is 2.05. The van der Waals surface area contributed by atoms with Gasteiger partial charge in [-0.1, -0.05) is 43.3 Å². The molecule has 0 aliphatic carbocycles. The van der Waals surface area contributed by atoms with Crippen molar-refractivity contribution in [1.82, 2.24) is 0 Å². The molecule has 0 saturated carbocycles. The minimum atomic E-state index is -0.828. The van der Waals surface area contributed by atoms with E-state index in [-0.39, 0.29) is 6.42 Å². The van der Waals surface area contributed by atoms with Gasteiger partial charge in [0.1, 0.15) is 12.4 Å². The zero-order valence-electron chi connectivity index (χ0n) is 11.5. The molecule has 0 heterocycles. The molecule has 3 heteroatoms. The van der Waals surface area contributed by atoms with Crippen LogP contribution in [-0.2, 0) is 24.2 Å². The van der Waals surface area contributed by atoms with E-state index in [2.05, 4.69) is 13.0 Å². The average molecular weight is 270 g/mol. The van der Waals surface area contributed by atoms with Crippen molar-refractivity contribution in [1.29, 1.82) is 0 Å². The van der Waals surface area contributed by atoms with Gasteiger partial charge in [-0.15, -0.1) is 0 Å². The van der Waals surface area contributed by atoms with E-state index in [1.165, 1.54) is 5.56 Å². The molecule has 0 radical (unpaired) electrons. The van der Waals surface area contributed by atoms with Crippen LogP contribution in [0.1, 0.15) is 23.6 Å². The van der Waals surface area contributed by atoms with E-state index in [0.717, 1.165) is 23.3 Å². The van der Waals surface area contributed by atoms with Gasteiger partial charge in [0.15, 0.2) is 0 Å². The number of carbonyl (C=O) groups is 1. The molecule has 0 bridgehead atoms. The van der Waals surface area contributed by atoms with Crippen LogP contribution >= 0.6 is 0 Å². The lowest BCUT2D eigenvalue weighted by atomic mass is 10.1. The largest absolute Gasteiger partial charge is 0.489 e. The maximum atomic E-state index is 10.8. The molecule has 2 aromatic carbocycles. The number of benzene rings is 2. The van der Waals surface area contributed by atoms with Gasteiger partial charge in [-0.2, -0.15) is 0 Å². The lowest BCUT2D eigenvalue weighted by molar-refractivity contribution is -0.136. The standard InChI is InChI=1S/C17H18O3/c1-2-13-6-5-9-16(10-13)20-12-15-8-4-3-7-14(15)11-17(18)19/h3-10H,2,11-12H2,1H3,(H,18,19). The number of ether oxygens (including phenoxy) is 1. The summed E-state index contributed by atoms with van der Waals surface area (Å²) >= 11 is 0. The van der Waals surface area contributed by atoms with E-state index >= 15 is 0 Å². The topological polar surface area (TPSA) is 46.5 Å². The first-order valence-electron chi connectivity index (χ1n) is 6.69. The van der Waals surface area contributed by atoms with Crippen molar-refractivity contribution in [2.45, 2.75) is 26.4 Å². The summed E-state index contributed by atoms with van der Waals surface area (Å²) in [5, 5.41) is 8.90. The fourth-order valence-electron chi connectivity index (χ4n) is 2.05. The molecular formula is C17H18O3. The molecule has 104 valence electrons. The van der Waals surface area contributed by atoms with Crippen molar-refractivity contribution in [3.63, 3.8) is 0 Å². The molecule has 20 heavy (non-hydrogen) atoms. The maximum Gasteiger partial charge on any atom is 0.307 e. The van der Waals surface area contributed by atoms with Crippen molar-refractivity contribution in [2.75, 3.05) is 0 Å². The third-order valence-electron chi connectivity index (χ3n) is 3.16. The van der Waals surface area contributed by atoms with Crippen molar-refractivity contribution in [3.8, 4) is 5.75 Å². The zero-order chi connectivity index (χ0) is 14.4. The summed E-state index contributed by atoms with van der Waals surface area (Å²) in [7, 11) is 0. The molecule has 0 aromatic heterocycles. The summed E-state index contributed by atoms with van der Waals surface area (Å²) < 4.78 is 5.76. The lowest BCUT2D eigenvalue weighted by Crippen LogP contribution is -2.05. The Labute approximate surface area is 118 Å². The summed E-state index contributed by atoms with van der Waals surface area (Å²) in [6.45, 7) is 2.48. The highest BCUT2D eigenvalue weighted by atomic mass is 16.5. The van der Waals surface area contributed by atoms with Gasteiger partial charge in [0.05, 0.1) is 6.42 Å². The van der Waals surface area contributed by atoms with Gasteiger partial charge < -0.3 is 9.84 Å². The Kier molecular flexibility index (Phi) is 4.77. The third-order valence-corrected chi connectivity index (χ3v) is 3.16. The number of rotatable bonds is 6. The number of aliphatic carboxylic acids is 1. The van der Waals surface area contributed by atoms with Crippen molar-refractivity contribution in [2.24, 2.45) is 0 Å². The van der Waals surface area contributed by atoms with E-state index in [0.29, 0.717) is 6.61 Å². The van der Waals surface area contributed by atoms with Crippen LogP contribution in [0, 0.1) is 0 Å². The minimum Gasteiger partial charge on any atom is -0.489 e. The molecule has 2 rings (SSSR count). The summed E-state index contributed by atoms with van der Waals surface area (Å²) in [6.07, 6.45) is 0.987. The van der Waals surface area contributed by atoms with Gasteiger partial charge >= 0.3 is 5.97 Å². The minimum absolute atomic E-state index is 0.0224. The molecule has 0 aliphatic heterocycles. The zero-order valence-corrected chi connectivity index (χ0v) is 11.5. The molecule has 2 aromatic rings. The number of carboxylic acid groups (broad SMARTS) is 1. The van der Waals surface area contributed by atoms with E-state index < -0.39 is 5.97 Å². The second kappa shape index (κ2) is 6.75. The first-order chi connectivity index (χ1) is 9.69. The van der Waals surface area contributed by atoms with Gasteiger partial charge in [-0.05, 0) is 35.2 Å². The molecule has 0 unspecified atom stereocenters. The quantitative estimate of drug-likeness (QED) is 0.874. The van der Waals surface area contributed by atoms with E-state index in [1.54, 1.807) is 0 Å². The van der Waals surface area contributed by atoms with E-state index in [4.69, 9.17) is 9.84 Å². The second-order valence-corrected chi connectivity index (χ2v) is 4.63. The Morgan fingerprint density at radius 2 is 1.85 bits per heavy atom. The summed E-state index contributed by atoms with van der Waals surface area (Å²) in [5.74, 6) is -0.0140. The van der Waals surface area contributed by atoms with Gasteiger partial charge in [-0.3, -0.25) is 4.79 Å². The molecule has 0 fully saturated rings. The van der Waals surface area contributed by atoms with Crippen molar-refractivity contribution >= 4 is 5.97 Å². The van der Waals surface area contributed by atoms with Gasteiger partial charge in [0.2, 0.25) is 0 Å². The van der Waals surface area contributed by atoms with Crippen LogP contribution in [0.3, 0.4) is 0 Å². The highest BCUT2D eigenvalue weighted by Gasteiger charge is 2.07. The molecule has 0 atom stereocenters. The smallest absolute Gasteiger partial charge is 0.307 e. The number of hydrogen-bond donors (Lipinski definition) is 1. The second-order valence-electron chi connectivity index (χ2n) is 4.63. The highest BCUT2D eigenvalue weighted by Crippen LogP contribution is 2.17. The van der Waals surface area contributed by atoms with Crippen LogP contribution in [-0.4, -0.2) is 11.1 Å². The molecular weight excluding hydrogens is 252 g/mol. The molecule has 0 amide bonds. The van der Waals surface area contributed by atoms with E-state index in [1.807, 2.05) is 42.5 Å². The molecule has 3 nitrogen and oxygen atoms in total. The molecule has 1 N–H and O–H groups in total. The Balaban J connectivity index is 2.08. The normalized spacial score (nSPS) is 10.2. The van der Waals surface area contributed by atoms with Gasteiger partial charge in [0, 0.05) is 0 Å². The SMILES string of the molecule is CCc1cccc(OCc2ccccc2CC(=O)O)c1. The maximum absolute atomic E-state index is 10.8.